The van der Waals surface area contributed by atoms with Crippen molar-refractivity contribution < 1.29 is 14.3 Å². The molecule has 0 saturated heterocycles. The van der Waals surface area contributed by atoms with Crippen LogP contribution in [0.5, 0.6) is 5.75 Å². The van der Waals surface area contributed by atoms with Gasteiger partial charge in [-0.25, -0.2) is 0 Å². The van der Waals surface area contributed by atoms with Gasteiger partial charge in [0.1, 0.15) is 5.75 Å². The predicted molar refractivity (Wildman–Crippen MR) is 115 cm³/mol. The smallest absolute Gasteiger partial charge is 0.219 e. The van der Waals surface area contributed by atoms with Crippen molar-refractivity contribution in [2.45, 2.75) is 18.7 Å². The lowest BCUT2D eigenvalue weighted by Gasteiger charge is -2.08. The number of benzene rings is 2. The highest BCUT2D eigenvalue weighted by Crippen LogP contribution is 2.27. The third-order valence-corrected chi connectivity index (χ3v) is 5.56. The minimum Gasteiger partial charge on any atom is -0.493 e. The Morgan fingerprint density at radius 3 is 1.89 bits per heavy atom. The van der Waals surface area contributed by atoms with Crippen LogP contribution in [0.3, 0.4) is 0 Å². The van der Waals surface area contributed by atoms with Gasteiger partial charge in [-0.15, -0.1) is 0 Å². The minimum absolute atomic E-state index is 0.000471. The number of thioether (sulfide) groups is 2. The molecule has 2 aromatic carbocycles. The second-order valence-corrected chi connectivity index (χ2v) is 8.10. The van der Waals surface area contributed by atoms with Gasteiger partial charge in [-0.1, -0.05) is 49.2 Å². The largest absolute Gasteiger partial charge is 0.493 e. The molecule has 0 radical (unpaired) electrons. The van der Waals surface area contributed by atoms with Crippen LogP contribution < -0.4 is 4.74 Å². The average molecular weight is 399 g/mol. The first-order valence-electron chi connectivity index (χ1n) is 8.40. The number of carbonyl (C=O) groups is 2. The molecule has 0 saturated carbocycles. The third-order valence-electron chi connectivity index (χ3n) is 3.53. The highest BCUT2D eigenvalue weighted by atomic mass is 32.2. The number of hydrogen-bond acceptors (Lipinski definition) is 5. The predicted octanol–water partition coefficient (Wildman–Crippen LogP) is 5.76. The van der Waals surface area contributed by atoms with E-state index in [0.717, 1.165) is 21.8 Å². The zero-order valence-electron chi connectivity index (χ0n) is 15.5. The molecule has 5 heteroatoms. The number of hydrogen-bond donors (Lipinski definition) is 0. The summed E-state index contributed by atoms with van der Waals surface area (Å²) in [4.78, 5) is 24.1. The van der Waals surface area contributed by atoms with Crippen molar-refractivity contribution in [1.82, 2.24) is 0 Å². The summed E-state index contributed by atoms with van der Waals surface area (Å²) in [7, 11) is 0. The molecule has 0 amide bonds. The standard InChI is InChI=1S/C22H22O3S2/c1-15(2)21(23)26-14-13-25-19-9-5-17(6-10-19)18-7-11-20(12-8-18)27-22(24)16(3)4/h5-12H,1,3,13-14H2,2,4H3. The summed E-state index contributed by atoms with van der Waals surface area (Å²) in [6.07, 6.45) is 0. The second kappa shape index (κ2) is 10.2. The third kappa shape index (κ3) is 6.77. The van der Waals surface area contributed by atoms with Gasteiger partial charge >= 0.3 is 0 Å². The topological polar surface area (TPSA) is 43.4 Å². The lowest BCUT2D eigenvalue weighted by molar-refractivity contribution is -0.108. The summed E-state index contributed by atoms with van der Waals surface area (Å²) in [6, 6.07) is 15.6. The molecule has 0 bridgehead atoms. The molecule has 140 valence electrons. The van der Waals surface area contributed by atoms with E-state index >= 15 is 0 Å². The highest BCUT2D eigenvalue weighted by Gasteiger charge is 2.06. The van der Waals surface area contributed by atoms with Gasteiger partial charge < -0.3 is 4.74 Å². The lowest BCUT2D eigenvalue weighted by Crippen LogP contribution is -2.03. The number of ether oxygens (including phenoxy) is 1. The maximum atomic E-state index is 11.7. The fourth-order valence-corrected chi connectivity index (χ4v) is 3.33. The molecule has 0 aliphatic heterocycles. The summed E-state index contributed by atoms with van der Waals surface area (Å²) in [5.74, 6) is 1.36. The molecule has 0 spiro atoms. The Kier molecular flexibility index (Phi) is 7.95. The maximum Gasteiger partial charge on any atom is 0.219 e. The van der Waals surface area contributed by atoms with Crippen molar-refractivity contribution in [2.75, 3.05) is 12.4 Å². The Morgan fingerprint density at radius 1 is 0.852 bits per heavy atom. The molecule has 27 heavy (non-hydrogen) atoms. The van der Waals surface area contributed by atoms with E-state index in [-0.39, 0.29) is 10.2 Å². The Labute approximate surface area is 168 Å². The molecule has 0 aromatic heterocycles. The van der Waals surface area contributed by atoms with Crippen LogP contribution in [0.15, 0.2) is 77.7 Å². The van der Waals surface area contributed by atoms with Gasteiger partial charge in [0, 0.05) is 10.6 Å². The molecule has 2 aromatic rings. The Morgan fingerprint density at radius 2 is 1.37 bits per heavy atom. The zero-order valence-corrected chi connectivity index (χ0v) is 17.1. The van der Waals surface area contributed by atoms with Crippen LogP contribution >= 0.6 is 23.5 Å². The van der Waals surface area contributed by atoms with Crippen molar-refractivity contribution >= 4 is 33.8 Å². The fraction of sp³-hybridized carbons (Fsp3) is 0.182. The molecule has 2 rings (SSSR count). The van der Waals surface area contributed by atoms with Crippen LogP contribution in [0, 0.1) is 0 Å². The van der Waals surface area contributed by atoms with Crippen molar-refractivity contribution in [3.05, 3.63) is 72.8 Å². The van der Waals surface area contributed by atoms with Gasteiger partial charge in [0.15, 0.2) is 0 Å². The van der Waals surface area contributed by atoms with Crippen LogP contribution in [0.2, 0.25) is 0 Å². The molecule has 0 aliphatic rings. The van der Waals surface area contributed by atoms with Crippen molar-refractivity contribution in [1.29, 1.82) is 0 Å². The van der Waals surface area contributed by atoms with Crippen LogP contribution in [0.4, 0.5) is 0 Å². The molecular weight excluding hydrogens is 376 g/mol. The molecule has 0 N–H and O–H groups in total. The van der Waals surface area contributed by atoms with Crippen molar-refractivity contribution in [2.24, 2.45) is 0 Å². The van der Waals surface area contributed by atoms with Crippen molar-refractivity contribution in [3.8, 4) is 16.9 Å². The first-order chi connectivity index (χ1) is 12.9. The molecule has 0 aliphatic carbocycles. The Bertz CT molecular complexity index is 837. The second-order valence-electron chi connectivity index (χ2n) is 5.98. The average Bonchev–Trinajstić information content (AvgIpc) is 2.66. The highest BCUT2D eigenvalue weighted by molar-refractivity contribution is 8.14. The van der Waals surface area contributed by atoms with Gasteiger partial charge in [-0.3, -0.25) is 9.59 Å². The molecule has 0 fully saturated rings. The minimum atomic E-state index is -0.0210. The lowest BCUT2D eigenvalue weighted by atomic mass is 10.1. The number of carbonyl (C=O) groups excluding carboxylic acids is 2. The van der Waals surface area contributed by atoms with Gasteiger partial charge in [0.2, 0.25) is 10.2 Å². The van der Waals surface area contributed by atoms with E-state index in [2.05, 4.69) is 13.2 Å². The van der Waals surface area contributed by atoms with Crippen molar-refractivity contribution in [3.63, 3.8) is 0 Å². The van der Waals surface area contributed by atoms with Crippen LogP contribution in [0.25, 0.3) is 11.1 Å². The summed E-state index contributed by atoms with van der Waals surface area (Å²) in [6.45, 7) is 11.2. The maximum absolute atomic E-state index is 11.7. The molecule has 0 unspecified atom stereocenters. The van der Waals surface area contributed by atoms with E-state index in [9.17, 15) is 9.59 Å². The SMILES string of the molecule is C=C(C)C(=O)SCCOc1ccc(-c2ccc(SC(=O)C(=C)C)cc2)cc1. The summed E-state index contributed by atoms with van der Waals surface area (Å²) < 4.78 is 5.66. The fourth-order valence-electron chi connectivity index (χ4n) is 2.07. The summed E-state index contributed by atoms with van der Waals surface area (Å²) in [5.41, 5.74) is 3.23. The zero-order chi connectivity index (χ0) is 19.8. The molecule has 0 heterocycles. The molecule has 3 nitrogen and oxygen atoms in total. The Balaban J connectivity index is 1.89. The first kappa shape index (κ1) is 21.1. The summed E-state index contributed by atoms with van der Waals surface area (Å²) >= 11 is 2.40. The monoisotopic (exact) mass is 398 g/mol. The normalized spacial score (nSPS) is 10.3. The van der Waals surface area contributed by atoms with Gasteiger partial charge in [0.05, 0.1) is 6.61 Å². The van der Waals surface area contributed by atoms with E-state index in [4.69, 9.17) is 4.74 Å². The van der Waals surface area contributed by atoms with Crippen LogP contribution in [-0.2, 0) is 9.59 Å². The molecule has 0 atom stereocenters. The van der Waals surface area contributed by atoms with Gasteiger partial charge in [-0.2, -0.15) is 0 Å². The van der Waals surface area contributed by atoms with Gasteiger partial charge in [-0.05, 0) is 72.1 Å². The van der Waals surface area contributed by atoms with E-state index in [1.54, 1.807) is 13.8 Å². The quantitative estimate of drug-likeness (QED) is 0.321. The van der Waals surface area contributed by atoms with Gasteiger partial charge in [0.25, 0.3) is 0 Å². The number of rotatable bonds is 8. The van der Waals surface area contributed by atoms with E-state index in [1.807, 2.05) is 48.5 Å². The van der Waals surface area contributed by atoms with E-state index < -0.39 is 0 Å². The first-order valence-corrected chi connectivity index (χ1v) is 10.2. The molecular formula is C22H22O3S2. The van der Waals surface area contributed by atoms with E-state index in [0.29, 0.717) is 23.5 Å². The summed E-state index contributed by atoms with van der Waals surface area (Å²) in [5, 5.41) is -0.0205. The Hall–Kier alpha value is -2.24. The van der Waals surface area contributed by atoms with Crippen LogP contribution in [-0.4, -0.2) is 22.6 Å². The van der Waals surface area contributed by atoms with E-state index in [1.165, 1.54) is 23.5 Å². The van der Waals surface area contributed by atoms with Crippen LogP contribution in [0.1, 0.15) is 13.8 Å².